The molecule has 2 heterocycles. The number of rotatable bonds is 4. The Hall–Kier alpha value is -1.53. The first-order valence-corrected chi connectivity index (χ1v) is 8.00. The molecule has 0 bridgehead atoms. The molecule has 106 valence electrons. The van der Waals surface area contributed by atoms with Crippen LogP contribution in [-0.4, -0.2) is 27.5 Å². The Bertz CT molecular complexity index is 583. The first-order chi connectivity index (χ1) is 9.86. The topological polar surface area (TPSA) is 75.9 Å². The fourth-order valence-electron chi connectivity index (χ4n) is 2.45. The summed E-state index contributed by atoms with van der Waals surface area (Å²) in [4.78, 5) is 8.79. The van der Waals surface area contributed by atoms with Crippen LogP contribution in [0.25, 0.3) is 10.9 Å². The van der Waals surface area contributed by atoms with Crippen LogP contribution in [-0.2, 0) is 0 Å². The summed E-state index contributed by atoms with van der Waals surface area (Å²) in [5.74, 6) is 8.02. The lowest BCUT2D eigenvalue weighted by Gasteiger charge is -2.22. The van der Waals surface area contributed by atoms with Crippen molar-refractivity contribution in [2.24, 2.45) is 5.84 Å². The summed E-state index contributed by atoms with van der Waals surface area (Å²) >= 11 is 2.05. The lowest BCUT2D eigenvalue weighted by molar-refractivity contribution is 0.677. The van der Waals surface area contributed by atoms with Crippen molar-refractivity contribution in [1.29, 1.82) is 0 Å². The van der Waals surface area contributed by atoms with Crippen LogP contribution in [0.4, 0.5) is 11.8 Å². The van der Waals surface area contributed by atoms with Crippen molar-refractivity contribution in [3.05, 3.63) is 24.3 Å². The van der Waals surface area contributed by atoms with Gasteiger partial charge in [-0.3, -0.25) is 5.43 Å². The van der Waals surface area contributed by atoms with Crippen molar-refractivity contribution in [3.63, 3.8) is 0 Å². The van der Waals surface area contributed by atoms with E-state index in [9.17, 15) is 0 Å². The highest BCUT2D eigenvalue weighted by molar-refractivity contribution is 7.99. The number of anilines is 2. The minimum atomic E-state index is 0.447. The monoisotopic (exact) mass is 289 g/mol. The number of nitrogens with two attached hydrogens (primary N) is 1. The molecule has 1 saturated heterocycles. The molecule has 20 heavy (non-hydrogen) atoms. The predicted octanol–water partition coefficient (Wildman–Crippen LogP) is 2.61. The third kappa shape index (κ3) is 2.96. The van der Waals surface area contributed by atoms with Crippen LogP contribution < -0.4 is 16.6 Å². The number of fused-ring (bicyclic) bond motifs is 1. The van der Waals surface area contributed by atoms with Gasteiger partial charge < -0.3 is 5.32 Å². The lowest BCUT2D eigenvalue weighted by Crippen LogP contribution is -2.21. The molecule has 6 heteroatoms. The average molecular weight is 289 g/mol. The fraction of sp³-hybridized carbons (Fsp3) is 0.429. The van der Waals surface area contributed by atoms with E-state index < -0.39 is 0 Å². The van der Waals surface area contributed by atoms with Crippen LogP contribution in [0.1, 0.15) is 19.3 Å². The minimum Gasteiger partial charge on any atom is -0.368 e. The van der Waals surface area contributed by atoms with Gasteiger partial charge >= 0.3 is 0 Å². The molecule has 2 aromatic rings. The fourth-order valence-corrected chi connectivity index (χ4v) is 3.69. The summed E-state index contributed by atoms with van der Waals surface area (Å²) in [5.41, 5.74) is 3.43. The predicted molar refractivity (Wildman–Crippen MR) is 85.9 cm³/mol. The second kappa shape index (κ2) is 6.28. The molecule has 1 aliphatic rings. The number of aromatic nitrogens is 2. The Kier molecular flexibility index (Phi) is 4.22. The van der Waals surface area contributed by atoms with E-state index in [0.29, 0.717) is 11.2 Å². The number of hydrogen-bond donors (Lipinski definition) is 3. The van der Waals surface area contributed by atoms with E-state index in [0.717, 1.165) is 23.3 Å². The molecule has 5 nitrogen and oxygen atoms in total. The largest absolute Gasteiger partial charge is 0.368 e. The zero-order chi connectivity index (χ0) is 13.8. The number of hydrogen-bond acceptors (Lipinski definition) is 6. The zero-order valence-corrected chi connectivity index (χ0v) is 12.1. The highest BCUT2D eigenvalue weighted by atomic mass is 32.2. The van der Waals surface area contributed by atoms with Crippen LogP contribution in [0.2, 0.25) is 0 Å². The third-order valence-corrected chi connectivity index (χ3v) is 4.90. The van der Waals surface area contributed by atoms with Crippen molar-refractivity contribution in [1.82, 2.24) is 9.97 Å². The van der Waals surface area contributed by atoms with Gasteiger partial charge in [0.15, 0.2) is 0 Å². The maximum absolute atomic E-state index is 5.44. The molecule has 1 aromatic heterocycles. The standard InChI is InChI=1S/C14H19N5S/c15-19-14-17-12-7-2-1-6-11(12)13(18-14)16-9-10-5-3-4-8-20-10/h1-2,6-7,10H,3-5,8-9,15H2,(H2,16,17,18,19). The minimum absolute atomic E-state index is 0.447. The van der Waals surface area contributed by atoms with Crippen LogP contribution >= 0.6 is 11.8 Å². The number of benzene rings is 1. The molecule has 1 fully saturated rings. The molecule has 0 spiro atoms. The van der Waals surface area contributed by atoms with Crippen molar-refractivity contribution >= 4 is 34.4 Å². The van der Waals surface area contributed by atoms with Crippen molar-refractivity contribution in [2.45, 2.75) is 24.5 Å². The average Bonchev–Trinajstić information content (AvgIpc) is 2.53. The Morgan fingerprint density at radius 1 is 1.25 bits per heavy atom. The van der Waals surface area contributed by atoms with Crippen LogP contribution in [0.3, 0.4) is 0 Å². The summed E-state index contributed by atoms with van der Waals surface area (Å²) < 4.78 is 0. The summed E-state index contributed by atoms with van der Waals surface area (Å²) in [5, 5.41) is 5.17. The highest BCUT2D eigenvalue weighted by Crippen LogP contribution is 2.26. The molecule has 1 atom stereocenters. The van der Waals surface area contributed by atoms with Gasteiger partial charge in [0.25, 0.3) is 0 Å². The zero-order valence-electron chi connectivity index (χ0n) is 11.3. The number of nitrogen functional groups attached to an aromatic ring is 1. The van der Waals surface area contributed by atoms with Crippen molar-refractivity contribution < 1.29 is 0 Å². The number of para-hydroxylation sites is 1. The van der Waals surface area contributed by atoms with Gasteiger partial charge in [-0.25, -0.2) is 10.8 Å². The van der Waals surface area contributed by atoms with Gasteiger partial charge in [0.1, 0.15) is 5.82 Å². The summed E-state index contributed by atoms with van der Waals surface area (Å²) in [6, 6.07) is 7.97. The van der Waals surface area contributed by atoms with E-state index >= 15 is 0 Å². The summed E-state index contributed by atoms with van der Waals surface area (Å²) in [7, 11) is 0. The SMILES string of the molecule is NNc1nc(NCC2CCCCS2)c2ccccc2n1. The molecule has 0 amide bonds. The normalized spacial score (nSPS) is 18.9. The Morgan fingerprint density at radius 3 is 2.95 bits per heavy atom. The van der Waals surface area contributed by atoms with Crippen LogP contribution in [0.15, 0.2) is 24.3 Å². The second-order valence-corrected chi connectivity index (χ2v) is 6.34. The quantitative estimate of drug-likeness (QED) is 0.593. The van der Waals surface area contributed by atoms with Gasteiger partial charge in [-0.15, -0.1) is 0 Å². The number of nitrogens with one attached hydrogen (secondary N) is 2. The highest BCUT2D eigenvalue weighted by Gasteiger charge is 2.14. The smallest absolute Gasteiger partial charge is 0.239 e. The van der Waals surface area contributed by atoms with E-state index in [-0.39, 0.29) is 0 Å². The number of thioether (sulfide) groups is 1. The molecular weight excluding hydrogens is 270 g/mol. The number of nitrogens with zero attached hydrogens (tertiary/aromatic N) is 2. The molecule has 1 aromatic carbocycles. The molecule has 3 rings (SSSR count). The van der Waals surface area contributed by atoms with E-state index in [1.165, 1.54) is 25.0 Å². The number of hydrazine groups is 1. The first-order valence-electron chi connectivity index (χ1n) is 6.95. The molecule has 1 unspecified atom stereocenters. The van der Waals surface area contributed by atoms with Crippen molar-refractivity contribution in [3.8, 4) is 0 Å². The maximum Gasteiger partial charge on any atom is 0.239 e. The summed E-state index contributed by atoms with van der Waals surface area (Å²) in [6.07, 6.45) is 3.96. The lowest BCUT2D eigenvalue weighted by atomic mass is 10.2. The van der Waals surface area contributed by atoms with Crippen molar-refractivity contribution in [2.75, 3.05) is 23.0 Å². The van der Waals surface area contributed by atoms with E-state index in [1.54, 1.807) is 0 Å². The van der Waals surface area contributed by atoms with Crippen LogP contribution in [0, 0.1) is 0 Å². The Labute approximate surface area is 122 Å². The van der Waals surface area contributed by atoms with E-state index in [4.69, 9.17) is 5.84 Å². The molecule has 0 saturated carbocycles. The molecular formula is C14H19N5S. The van der Waals surface area contributed by atoms with Gasteiger partial charge in [-0.2, -0.15) is 16.7 Å². The van der Waals surface area contributed by atoms with E-state index in [1.807, 2.05) is 24.3 Å². The molecule has 0 radical (unpaired) electrons. The summed E-state index contributed by atoms with van der Waals surface area (Å²) in [6.45, 7) is 0.940. The molecule has 4 N–H and O–H groups in total. The van der Waals surface area contributed by atoms with Gasteiger partial charge in [-0.1, -0.05) is 18.6 Å². The Balaban J connectivity index is 1.81. The second-order valence-electron chi connectivity index (χ2n) is 4.93. The van der Waals surface area contributed by atoms with Gasteiger partial charge in [0.2, 0.25) is 5.95 Å². The van der Waals surface area contributed by atoms with Gasteiger partial charge in [-0.05, 0) is 30.7 Å². The van der Waals surface area contributed by atoms with Gasteiger partial charge in [0.05, 0.1) is 5.52 Å². The maximum atomic E-state index is 5.44. The molecule has 1 aliphatic heterocycles. The Morgan fingerprint density at radius 2 is 2.15 bits per heavy atom. The van der Waals surface area contributed by atoms with Gasteiger partial charge in [0, 0.05) is 17.2 Å². The van der Waals surface area contributed by atoms with Crippen LogP contribution in [0.5, 0.6) is 0 Å². The molecule has 0 aliphatic carbocycles. The van der Waals surface area contributed by atoms with E-state index in [2.05, 4.69) is 32.5 Å². The first kappa shape index (κ1) is 13.5. The third-order valence-electron chi connectivity index (χ3n) is 3.50.